The molecule has 0 aliphatic rings. The van der Waals surface area contributed by atoms with Crippen molar-refractivity contribution in [2.45, 2.75) is 31.7 Å². The molecular formula is C11H14ClF2N. The number of rotatable bonds is 3. The van der Waals surface area contributed by atoms with Crippen molar-refractivity contribution in [2.75, 3.05) is 0 Å². The summed E-state index contributed by atoms with van der Waals surface area (Å²) >= 11 is 5.72. The van der Waals surface area contributed by atoms with Crippen LogP contribution in [-0.4, -0.2) is 12.5 Å². The molecule has 15 heavy (non-hydrogen) atoms. The van der Waals surface area contributed by atoms with E-state index < -0.39 is 17.9 Å². The van der Waals surface area contributed by atoms with Crippen molar-refractivity contribution in [1.29, 1.82) is 0 Å². The van der Waals surface area contributed by atoms with Crippen LogP contribution in [0.5, 0.6) is 0 Å². The topological polar surface area (TPSA) is 26.0 Å². The Morgan fingerprint density at radius 1 is 1.20 bits per heavy atom. The molecule has 0 saturated heterocycles. The molecule has 1 atom stereocenters. The normalized spacial score (nSPS) is 14.3. The van der Waals surface area contributed by atoms with Crippen LogP contribution >= 0.6 is 11.6 Å². The maximum Gasteiger partial charge on any atom is 0.254 e. The van der Waals surface area contributed by atoms with E-state index in [1.165, 1.54) is 0 Å². The predicted octanol–water partition coefficient (Wildman–Crippen LogP) is 3.21. The van der Waals surface area contributed by atoms with Crippen LogP contribution in [0.15, 0.2) is 24.3 Å². The van der Waals surface area contributed by atoms with Crippen molar-refractivity contribution in [3.8, 4) is 0 Å². The van der Waals surface area contributed by atoms with E-state index in [1.807, 2.05) is 0 Å². The largest absolute Gasteiger partial charge is 0.322 e. The zero-order valence-electron chi connectivity index (χ0n) is 8.68. The minimum absolute atomic E-state index is 0.583. The molecule has 0 bridgehead atoms. The first kappa shape index (κ1) is 12.4. The smallest absolute Gasteiger partial charge is 0.254 e. The van der Waals surface area contributed by atoms with Crippen LogP contribution in [0.25, 0.3) is 0 Å². The monoisotopic (exact) mass is 233 g/mol. The standard InChI is InChI=1S/C11H14ClF2N/c1-11(2,9(15)10(13)14)7-3-5-8(12)6-4-7/h3-6,9-10H,15H2,1-2H3. The predicted molar refractivity (Wildman–Crippen MR) is 58.5 cm³/mol. The van der Waals surface area contributed by atoms with Gasteiger partial charge < -0.3 is 5.73 Å². The summed E-state index contributed by atoms with van der Waals surface area (Å²) in [6.07, 6.45) is -2.53. The molecule has 4 heteroatoms. The molecule has 1 unspecified atom stereocenters. The van der Waals surface area contributed by atoms with Crippen LogP contribution in [0, 0.1) is 0 Å². The van der Waals surface area contributed by atoms with Gasteiger partial charge in [0, 0.05) is 10.4 Å². The maximum absolute atomic E-state index is 12.5. The third-order valence-corrected chi connectivity index (χ3v) is 2.95. The highest BCUT2D eigenvalue weighted by Gasteiger charge is 2.34. The minimum Gasteiger partial charge on any atom is -0.322 e. The van der Waals surface area contributed by atoms with E-state index in [1.54, 1.807) is 38.1 Å². The zero-order chi connectivity index (χ0) is 11.6. The van der Waals surface area contributed by atoms with Crippen molar-refractivity contribution in [1.82, 2.24) is 0 Å². The highest BCUT2D eigenvalue weighted by Crippen LogP contribution is 2.29. The molecule has 0 spiro atoms. The Balaban J connectivity index is 2.99. The van der Waals surface area contributed by atoms with Gasteiger partial charge in [0.1, 0.15) is 0 Å². The van der Waals surface area contributed by atoms with Gasteiger partial charge in [0.2, 0.25) is 0 Å². The number of benzene rings is 1. The second kappa shape index (κ2) is 4.45. The van der Waals surface area contributed by atoms with Gasteiger partial charge in [-0.2, -0.15) is 0 Å². The molecule has 0 saturated carbocycles. The van der Waals surface area contributed by atoms with Crippen LogP contribution < -0.4 is 5.73 Å². The van der Waals surface area contributed by atoms with E-state index in [0.717, 1.165) is 5.56 Å². The highest BCUT2D eigenvalue weighted by atomic mass is 35.5. The van der Waals surface area contributed by atoms with Gasteiger partial charge in [-0.3, -0.25) is 0 Å². The first-order valence-electron chi connectivity index (χ1n) is 4.65. The summed E-state index contributed by atoms with van der Waals surface area (Å²) in [5.41, 5.74) is 5.48. The quantitative estimate of drug-likeness (QED) is 0.853. The molecule has 0 aliphatic carbocycles. The van der Waals surface area contributed by atoms with Crippen molar-refractivity contribution in [3.05, 3.63) is 34.9 Å². The number of halogens is 3. The maximum atomic E-state index is 12.5. The fourth-order valence-electron chi connectivity index (χ4n) is 1.39. The van der Waals surface area contributed by atoms with Gasteiger partial charge >= 0.3 is 0 Å². The first-order chi connectivity index (χ1) is 6.85. The Morgan fingerprint density at radius 2 is 1.67 bits per heavy atom. The molecule has 0 aromatic heterocycles. The molecule has 0 heterocycles. The molecule has 0 radical (unpaired) electrons. The molecule has 0 fully saturated rings. The number of hydrogen-bond acceptors (Lipinski definition) is 1. The molecule has 1 rings (SSSR count). The van der Waals surface area contributed by atoms with E-state index in [0.29, 0.717) is 5.02 Å². The molecule has 1 aromatic carbocycles. The molecule has 84 valence electrons. The van der Waals surface area contributed by atoms with Gasteiger partial charge in [0.15, 0.2) is 0 Å². The third-order valence-electron chi connectivity index (χ3n) is 2.69. The van der Waals surface area contributed by atoms with Crippen LogP contribution in [0.1, 0.15) is 19.4 Å². The summed E-state index contributed by atoms with van der Waals surface area (Å²) in [6, 6.07) is 5.63. The van der Waals surface area contributed by atoms with E-state index in [-0.39, 0.29) is 0 Å². The lowest BCUT2D eigenvalue weighted by molar-refractivity contribution is 0.0847. The molecule has 0 amide bonds. The van der Waals surface area contributed by atoms with Crippen molar-refractivity contribution < 1.29 is 8.78 Å². The zero-order valence-corrected chi connectivity index (χ0v) is 9.43. The fraction of sp³-hybridized carbons (Fsp3) is 0.455. The van der Waals surface area contributed by atoms with Crippen molar-refractivity contribution in [3.63, 3.8) is 0 Å². The summed E-state index contributed by atoms with van der Waals surface area (Å²) in [5.74, 6) is 0. The number of alkyl halides is 2. The lowest BCUT2D eigenvalue weighted by Gasteiger charge is -2.31. The lowest BCUT2D eigenvalue weighted by atomic mass is 9.78. The molecule has 1 nitrogen and oxygen atoms in total. The third kappa shape index (κ3) is 2.67. The van der Waals surface area contributed by atoms with E-state index in [9.17, 15) is 8.78 Å². The average molecular weight is 234 g/mol. The summed E-state index contributed by atoms with van der Waals surface area (Å²) in [4.78, 5) is 0. The average Bonchev–Trinajstić information content (AvgIpc) is 2.17. The molecule has 0 aliphatic heterocycles. The van der Waals surface area contributed by atoms with Crippen LogP contribution in [0.3, 0.4) is 0 Å². The Kier molecular flexibility index (Phi) is 3.68. The SMILES string of the molecule is CC(C)(c1ccc(Cl)cc1)C(N)C(F)F. The highest BCUT2D eigenvalue weighted by molar-refractivity contribution is 6.30. The van der Waals surface area contributed by atoms with Gasteiger partial charge in [0.05, 0.1) is 6.04 Å². The lowest BCUT2D eigenvalue weighted by Crippen LogP contribution is -2.46. The van der Waals surface area contributed by atoms with Gasteiger partial charge in [-0.25, -0.2) is 8.78 Å². The van der Waals surface area contributed by atoms with Gasteiger partial charge in [0.25, 0.3) is 6.43 Å². The fourth-order valence-corrected chi connectivity index (χ4v) is 1.51. The van der Waals surface area contributed by atoms with Crippen molar-refractivity contribution in [2.24, 2.45) is 5.73 Å². The Hall–Kier alpha value is -0.670. The van der Waals surface area contributed by atoms with Crippen molar-refractivity contribution >= 4 is 11.6 Å². The van der Waals surface area contributed by atoms with Crippen LogP contribution in [-0.2, 0) is 5.41 Å². The van der Waals surface area contributed by atoms with Gasteiger partial charge in [-0.1, -0.05) is 37.6 Å². The number of hydrogen-bond donors (Lipinski definition) is 1. The van der Waals surface area contributed by atoms with Gasteiger partial charge in [-0.15, -0.1) is 0 Å². The molecular weight excluding hydrogens is 220 g/mol. The van der Waals surface area contributed by atoms with Crippen LogP contribution in [0.2, 0.25) is 5.02 Å². The molecule has 2 N–H and O–H groups in total. The second-order valence-electron chi connectivity index (χ2n) is 4.09. The van der Waals surface area contributed by atoms with E-state index >= 15 is 0 Å². The summed E-state index contributed by atoms with van der Waals surface area (Å²) in [7, 11) is 0. The van der Waals surface area contributed by atoms with Gasteiger partial charge in [-0.05, 0) is 17.7 Å². The summed E-state index contributed by atoms with van der Waals surface area (Å²) < 4.78 is 25.1. The Bertz CT molecular complexity index is 322. The second-order valence-corrected chi connectivity index (χ2v) is 4.53. The summed E-state index contributed by atoms with van der Waals surface area (Å²) in [5, 5.41) is 0.583. The summed E-state index contributed by atoms with van der Waals surface area (Å²) in [6.45, 7) is 3.40. The molecule has 1 aromatic rings. The Morgan fingerprint density at radius 3 is 2.07 bits per heavy atom. The Labute approximate surface area is 93.2 Å². The van der Waals surface area contributed by atoms with E-state index in [2.05, 4.69) is 0 Å². The number of nitrogens with two attached hydrogens (primary N) is 1. The first-order valence-corrected chi connectivity index (χ1v) is 5.03. The van der Waals surface area contributed by atoms with E-state index in [4.69, 9.17) is 17.3 Å². The minimum atomic E-state index is -2.53. The van der Waals surface area contributed by atoms with Crippen LogP contribution in [0.4, 0.5) is 8.78 Å².